The maximum Gasteiger partial charge on any atom is 0.126 e. The third-order valence-electron chi connectivity index (χ3n) is 3.64. The van der Waals surface area contributed by atoms with Crippen molar-refractivity contribution in [2.75, 3.05) is 38.1 Å². The van der Waals surface area contributed by atoms with Crippen LogP contribution < -0.4 is 10.6 Å². The van der Waals surface area contributed by atoms with Crippen LogP contribution >= 0.6 is 0 Å². The molecule has 0 aliphatic carbocycles. The Kier molecular flexibility index (Phi) is 3.88. The van der Waals surface area contributed by atoms with Crippen LogP contribution in [0.25, 0.3) is 0 Å². The molecule has 0 aromatic heterocycles. The van der Waals surface area contributed by atoms with Gasteiger partial charge in [0.1, 0.15) is 5.82 Å². The summed E-state index contributed by atoms with van der Waals surface area (Å²) in [5.74, 6) is -0.167. The molecular formula is C14H22FN3. The van der Waals surface area contributed by atoms with Crippen molar-refractivity contribution >= 4 is 5.69 Å². The molecule has 1 aliphatic rings. The second kappa shape index (κ2) is 5.24. The number of nitrogens with two attached hydrogens (primary N) is 1. The lowest BCUT2D eigenvalue weighted by Gasteiger charge is -2.36. The van der Waals surface area contributed by atoms with Crippen molar-refractivity contribution in [3.63, 3.8) is 0 Å². The molecule has 1 atom stereocenters. The topological polar surface area (TPSA) is 32.5 Å². The summed E-state index contributed by atoms with van der Waals surface area (Å²) in [5, 5.41) is 0. The first kappa shape index (κ1) is 13.3. The number of likely N-dealkylation sites (N-methyl/N-ethyl adjacent to an activating group) is 1. The van der Waals surface area contributed by atoms with Gasteiger partial charge in [0.25, 0.3) is 0 Å². The van der Waals surface area contributed by atoms with Crippen LogP contribution in [0.1, 0.15) is 24.1 Å². The van der Waals surface area contributed by atoms with Gasteiger partial charge in [-0.05, 0) is 44.2 Å². The third-order valence-corrected chi connectivity index (χ3v) is 3.64. The summed E-state index contributed by atoms with van der Waals surface area (Å²) >= 11 is 0. The highest BCUT2D eigenvalue weighted by Crippen LogP contribution is 2.29. The summed E-state index contributed by atoms with van der Waals surface area (Å²) in [4.78, 5) is 4.61. The lowest BCUT2D eigenvalue weighted by atomic mass is 10.0. The van der Waals surface area contributed by atoms with Gasteiger partial charge in [-0.3, -0.25) is 0 Å². The van der Waals surface area contributed by atoms with Crippen molar-refractivity contribution in [3.05, 3.63) is 29.1 Å². The molecule has 100 valence electrons. The number of anilines is 1. The first-order valence-corrected chi connectivity index (χ1v) is 6.48. The number of nitrogens with zero attached hydrogens (tertiary/aromatic N) is 2. The van der Waals surface area contributed by atoms with Gasteiger partial charge in [0.2, 0.25) is 0 Å². The lowest BCUT2D eigenvalue weighted by molar-refractivity contribution is 0.312. The summed E-state index contributed by atoms with van der Waals surface area (Å²) in [7, 11) is 2.12. The third kappa shape index (κ3) is 2.65. The van der Waals surface area contributed by atoms with Crippen molar-refractivity contribution in [2.45, 2.75) is 19.9 Å². The molecule has 2 rings (SSSR count). The van der Waals surface area contributed by atoms with E-state index in [1.807, 2.05) is 13.0 Å². The molecule has 1 aromatic rings. The predicted molar refractivity (Wildman–Crippen MR) is 73.4 cm³/mol. The van der Waals surface area contributed by atoms with Crippen LogP contribution in [0.4, 0.5) is 10.1 Å². The van der Waals surface area contributed by atoms with Crippen molar-refractivity contribution in [1.29, 1.82) is 0 Å². The Morgan fingerprint density at radius 2 is 1.83 bits per heavy atom. The number of rotatable bonds is 2. The number of aryl methyl sites for hydroxylation is 1. The van der Waals surface area contributed by atoms with E-state index < -0.39 is 0 Å². The zero-order valence-electron chi connectivity index (χ0n) is 11.4. The number of benzene rings is 1. The Morgan fingerprint density at radius 3 is 2.39 bits per heavy atom. The van der Waals surface area contributed by atoms with E-state index in [0.29, 0.717) is 5.56 Å². The minimum atomic E-state index is -0.167. The maximum atomic E-state index is 13.7. The van der Waals surface area contributed by atoms with Crippen molar-refractivity contribution in [2.24, 2.45) is 5.73 Å². The normalized spacial score (nSPS) is 19.1. The van der Waals surface area contributed by atoms with Crippen LogP contribution in [-0.4, -0.2) is 38.1 Å². The van der Waals surface area contributed by atoms with Gasteiger partial charge in [-0.2, -0.15) is 0 Å². The average molecular weight is 251 g/mol. The van der Waals surface area contributed by atoms with E-state index in [1.54, 1.807) is 13.0 Å². The predicted octanol–water partition coefficient (Wildman–Crippen LogP) is 1.91. The van der Waals surface area contributed by atoms with Gasteiger partial charge < -0.3 is 15.5 Å². The first-order chi connectivity index (χ1) is 8.49. The van der Waals surface area contributed by atoms with E-state index in [0.717, 1.165) is 37.4 Å². The molecule has 0 bridgehead atoms. The van der Waals surface area contributed by atoms with E-state index in [9.17, 15) is 4.39 Å². The molecule has 2 N–H and O–H groups in total. The molecular weight excluding hydrogens is 229 g/mol. The van der Waals surface area contributed by atoms with Crippen LogP contribution in [0, 0.1) is 12.7 Å². The fraction of sp³-hybridized carbons (Fsp3) is 0.571. The van der Waals surface area contributed by atoms with Crippen molar-refractivity contribution < 1.29 is 4.39 Å². The quantitative estimate of drug-likeness (QED) is 0.871. The van der Waals surface area contributed by atoms with Crippen LogP contribution in [0.2, 0.25) is 0 Å². The van der Waals surface area contributed by atoms with E-state index in [1.165, 1.54) is 0 Å². The summed E-state index contributed by atoms with van der Waals surface area (Å²) in [5.41, 5.74) is 8.65. The summed E-state index contributed by atoms with van der Waals surface area (Å²) in [6, 6.07) is 3.38. The van der Waals surface area contributed by atoms with E-state index in [4.69, 9.17) is 5.73 Å². The average Bonchev–Trinajstić information content (AvgIpc) is 2.33. The van der Waals surface area contributed by atoms with Gasteiger partial charge in [-0.1, -0.05) is 0 Å². The standard InChI is InChI=1S/C14H22FN3/c1-10-8-14(12(11(2)16)9-13(10)15)18-6-4-17(3)5-7-18/h8-9,11H,4-7,16H2,1-3H3/t11-/m1/s1. The minimum Gasteiger partial charge on any atom is -0.369 e. The van der Waals surface area contributed by atoms with Gasteiger partial charge in [-0.15, -0.1) is 0 Å². The Balaban J connectivity index is 2.33. The number of piperazine rings is 1. The molecule has 1 fully saturated rings. The SMILES string of the molecule is Cc1cc(N2CCN(C)CC2)c([C@@H](C)N)cc1F. The zero-order valence-corrected chi connectivity index (χ0v) is 11.4. The molecule has 1 aromatic carbocycles. The van der Waals surface area contributed by atoms with E-state index in [-0.39, 0.29) is 11.9 Å². The van der Waals surface area contributed by atoms with Crippen molar-refractivity contribution in [3.8, 4) is 0 Å². The summed E-state index contributed by atoms with van der Waals surface area (Å²) in [6.07, 6.45) is 0. The fourth-order valence-corrected chi connectivity index (χ4v) is 2.37. The van der Waals surface area contributed by atoms with Gasteiger partial charge in [0, 0.05) is 37.9 Å². The fourth-order valence-electron chi connectivity index (χ4n) is 2.37. The molecule has 1 saturated heterocycles. The Bertz CT molecular complexity index is 423. The van der Waals surface area contributed by atoms with Crippen LogP contribution in [0.15, 0.2) is 12.1 Å². The molecule has 0 spiro atoms. The molecule has 3 nitrogen and oxygen atoms in total. The Hall–Kier alpha value is -1.13. The van der Waals surface area contributed by atoms with Crippen molar-refractivity contribution in [1.82, 2.24) is 4.90 Å². The van der Waals surface area contributed by atoms with Gasteiger partial charge in [0.15, 0.2) is 0 Å². The van der Waals surface area contributed by atoms with Crippen LogP contribution in [-0.2, 0) is 0 Å². The van der Waals surface area contributed by atoms with E-state index in [2.05, 4.69) is 16.8 Å². The molecule has 0 unspecified atom stereocenters. The van der Waals surface area contributed by atoms with Gasteiger partial charge >= 0.3 is 0 Å². The summed E-state index contributed by atoms with van der Waals surface area (Å²) < 4.78 is 13.7. The Labute approximate surface area is 108 Å². The second-order valence-electron chi connectivity index (χ2n) is 5.24. The van der Waals surface area contributed by atoms with Gasteiger partial charge in [-0.25, -0.2) is 4.39 Å². The zero-order chi connectivity index (χ0) is 13.3. The monoisotopic (exact) mass is 251 g/mol. The lowest BCUT2D eigenvalue weighted by Crippen LogP contribution is -2.45. The molecule has 0 radical (unpaired) electrons. The highest BCUT2D eigenvalue weighted by atomic mass is 19.1. The highest BCUT2D eigenvalue weighted by Gasteiger charge is 2.19. The maximum absolute atomic E-state index is 13.7. The van der Waals surface area contributed by atoms with E-state index >= 15 is 0 Å². The highest BCUT2D eigenvalue weighted by molar-refractivity contribution is 5.57. The molecule has 0 amide bonds. The summed E-state index contributed by atoms with van der Waals surface area (Å²) in [6.45, 7) is 7.73. The van der Waals surface area contributed by atoms with Crippen LogP contribution in [0.5, 0.6) is 0 Å². The molecule has 4 heteroatoms. The molecule has 0 saturated carbocycles. The number of halogens is 1. The van der Waals surface area contributed by atoms with Crippen LogP contribution in [0.3, 0.4) is 0 Å². The second-order valence-corrected chi connectivity index (χ2v) is 5.24. The number of hydrogen-bond donors (Lipinski definition) is 1. The minimum absolute atomic E-state index is 0.144. The largest absolute Gasteiger partial charge is 0.369 e. The van der Waals surface area contributed by atoms with Gasteiger partial charge in [0.05, 0.1) is 0 Å². The number of hydrogen-bond acceptors (Lipinski definition) is 3. The molecule has 18 heavy (non-hydrogen) atoms. The smallest absolute Gasteiger partial charge is 0.126 e. The Morgan fingerprint density at radius 1 is 1.22 bits per heavy atom. The first-order valence-electron chi connectivity index (χ1n) is 6.48. The molecule has 1 heterocycles. The molecule has 1 aliphatic heterocycles.